The zero-order valence-corrected chi connectivity index (χ0v) is 19.2. The van der Waals surface area contributed by atoms with Crippen LogP contribution in [-0.2, 0) is 21.2 Å². The normalized spacial score (nSPS) is 12.4. The zero-order valence-electron chi connectivity index (χ0n) is 16.0. The molecule has 3 rings (SSSR count). The van der Waals surface area contributed by atoms with Crippen LogP contribution < -0.4 is 4.80 Å². The molecule has 1 heterocycles. The van der Waals surface area contributed by atoms with Gasteiger partial charge in [-0.2, -0.15) is 4.99 Å². The maximum atomic E-state index is 12.4. The van der Waals surface area contributed by atoms with Crippen molar-refractivity contribution in [1.29, 1.82) is 0 Å². The van der Waals surface area contributed by atoms with E-state index in [9.17, 15) is 13.2 Å². The molecule has 0 N–H and O–H groups in total. The molecule has 8 heteroatoms. The van der Waals surface area contributed by atoms with Crippen molar-refractivity contribution in [3.63, 3.8) is 0 Å². The Kier molecular flexibility index (Phi) is 6.87. The molecule has 0 fully saturated rings. The van der Waals surface area contributed by atoms with E-state index in [-0.39, 0.29) is 29.4 Å². The molecule has 2 aromatic carbocycles. The lowest BCUT2D eigenvalue weighted by Crippen LogP contribution is -2.16. The first-order chi connectivity index (χ1) is 13.8. The third-order valence-corrected chi connectivity index (χ3v) is 7.71. The molecule has 0 saturated carbocycles. The third-order valence-electron chi connectivity index (χ3n) is 4.36. The fourth-order valence-electron chi connectivity index (χ4n) is 2.88. The summed E-state index contributed by atoms with van der Waals surface area (Å²) in [5.41, 5.74) is 1.98. The Morgan fingerprint density at radius 3 is 2.66 bits per heavy atom. The second kappa shape index (κ2) is 9.19. The average molecular weight is 493 g/mol. The van der Waals surface area contributed by atoms with E-state index in [1.807, 2.05) is 29.7 Å². The van der Waals surface area contributed by atoms with Gasteiger partial charge in [0.05, 0.1) is 20.9 Å². The minimum absolute atomic E-state index is 0.0800. The Morgan fingerprint density at radius 2 is 1.97 bits per heavy atom. The van der Waals surface area contributed by atoms with Crippen LogP contribution >= 0.6 is 27.3 Å². The molecule has 0 saturated heterocycles. The van der Waals surface area contributed by atoms with E-state index < -0.39 is 9.84 Å². The van der Waals surface area contributed by atoms with Crippen LogP contribution in [-0.4, -0.2) is 24.6 Å². The molecule has 29 heavy (non-hydrogen) atoms. The SMILES string of the molecule is C=CCn1c(=NC(=O)CCCS(=O)(=O)c2ccc(C)cc2)sc2cc(Br)ccc21. The van der Waals surface area contributed by atoms with Gasteiger partial charge in [0.15, 0.2) is 14.6 Å². The molecular formula is C21H21BrN2O3S2. The summed E-state index contributed by atoms with van der Waals surface area (Å²) in [5.74, 6) is -0.406. The fourth-order valence-corrected chi connectivity index (χ4v) is 5.80. The maximum absolute atomic E-state index is 12.4. The van der Waals surface area contributed by atoms with Gasteiger partial charge in [-0.15, -0.1) is 6.58 Å². The number of aryl methyl sites for hydroxylation is 1. The Labute approximate surface area is 182 Å². The van der Waals surface area contributed by atoms with Crippen LogP contribution in [0.3, 0.4) is 0 Å². The highest BCUT2D eigenvalue weighted by atomic mass is 79.9. The lowest BCUT2D eigenvalue weighted by molar-refractivity contribution is -0.118. The number of carbonyl (C=O) groups excluding carboxylic acids is 1. The highest BCUT2D eigenvalue weighted by Gasteiger charge is 2.15. The number of allylic oxidation sites excluding steroid dienone is 1. The molecule has 152 valence electrons. The lowest BCUT2D eigenvalue weighted by atomic mass is 10.2. The fraction of sp³-hybridized carbons (Fsp3) is 0.238. The summed E-state index contributed by atoms with van der Waals surface area (Å²) in [7, 11) is -3.40. The Hall–Kier alpha value is -2.03. The van der Waals surface area contributed by atoms with Crippen LogP contribution in [0, 0.1) is 6.92 Å². The number of rotatable bonds is 7. The van der Waals surface area contributed by atoms with Crippen molar-refractivity contribution >= 4 is 53.2 Å². The van der Waals surface area contributed by atoms with Crippen molar-refractivity contribution in [2.75, 3.05) is 5.75 Å². The Bertz CT molecular complexity index is 1220. The van der Waals surface area contributed by atoms with E-state index in [2.05, 4.69) is 27.5 Å². The van der Waals surface area contributed by atoms with E-state index in [1.54, 1.807) is 30.3 Å². The molecular weight excluding hydrogens is 472 g/mol. The summed E-state index contributed by atoms with van der Waals surface area (Å²) < 4.78 is 28.7. The highest BCUT2D eigenvalue weighted by Crippen LogP contribution is 2.22. The smallest absolute Gasteiger partial charge is 0.248 e. The summed E-state index contributed by atoms with van der Waals surface area (Å²) >= 11 is 4.88. The van der Waals surface area contributed by atoms with E-state index in [0.29, 0.717) is 11.3 Å². The summed E-state index contributed by atoms with van der Waals surface area (Å²) in [6.07, 6.45) is 2.07. The summed E-state index contributed by atoms with van der Waals surface area (Å²) in [5, 5.41) is 0. The molecule has 0 aliphatic heterocycles. The number of halogens is 1. The van der Waals surface area contributed by atoms with E-state index in [0.717, 1.165) is 20.3 Å². The zero-order chi connectivity index (χ0) is 21.0. The van der Waals surface area contributed by atoms with Crippen LogP contribution in [0.4, 0.5) is 0 Å². The molecule has 3 aromatic rings. The number of carbonyl (C=O) groups is 1. The predicted molar refractivity (Wildman–Crippen MR) is 121 cm³/mol. The van der Waals surface area contributed by atoms with Gasteiger partial charge in [0.25, 0.3) is 0 Å². The molecule has 1 aromatic heterocycles. The molecule has 0 aliphatic rings. The van der Waals surface area contributed by atoms with Gasteiger partial charge in [0.2, 0.25) is 5.91 Å². The van der Waals surface area contributed by atoms with Crippen molar-refractivity contribution in [3.05, 3.63) is 70.0 Å². The largest absolute Gasteiger partial charge is 0.313 e. The lowest BCUT2D eigenvalue weighted by Gasteiger charge is -2.04. The van der Waals surface area contributed by atoms with E-state index >= 15 is 0 Å². The first kappa shape index (κ1) is 21.7. The maximum Gasteiger partial charge on any atom is 0.248 e. The van der Waals surface area contributed by atoms with Crippen molar-refractivity contribution in [2.24, 2.45) is 4.99 Å². The van der Waals surface area contributed by atoms with E-state index in [1.165, 1.54) is 11.3 Å². The van der Waals surface area contributed by atoms with Crippen molar-refractivity contribution in [2.45, 2.75) is 31.2 Å². The quantitative estimate of drug-likeness (QED) is 0.451. The summed E-state index contributed by atoms with van der Waals surface area (Å²) in [6, 6.07) is 12.6. The van der Waals surface area contributed by atoms with Gasteiger partial charge < -0.3 is 4.57 Å². The number of hydrogen-bond acceptors (Lipinski definition) is 4. The number of benzene rings is 2. The second-order valence-electron chi connectivity index (χ2n) is 6.64. The van der Waals surface area contributed by atoms with Crippen molar-refractivity contribution in [1.82, 2.24) is 4.57 Å². The first-order valence-corrected chi connectivity index (χ1v) is 12.3. The van der Waals surface area contributed by atoms with Gasteiger partial charge in [-0.1, -0.05) is 51.0 Å². The number of hydrogen-bond donors (Lipinski definition) is 0. The molecule has 0 spiro atoms. The number of amides is 1. The number of nitrogens with zero attached hydrogens (tertiary/aromatic N) is 2. The predicted octanol–water partition coefficient (Wildman–Crippen LogP) is 4.64. The topological polar surface area (TPSA) is 68.5 Å². The molecule has 0 unspecified atom stereocenters. The standard InChI is InChI=1S/C21H21BrN2O3S2/c1-3-12-24-18-11-8-16(22)14-19(18)28-21(24)23-20(25)5-4-13-29(26,27)17-9-6-15(2)7-10-17/h3,6-11,14H,1,4-5,12-13H2,2H3. The number of thiazole rings is 1. The summed E-state index contributed by atoms with van der Waals surface area (Å²) in [6.45, 7) is 6.21. The third kappa shape index (κ3) is 5.32. The summed E-state index contributed by atoms with van der Waals surface area (Å²) in [4.78, 5) is 17.5. The van der Waals surface area contributed by atoms with Crippen LogP contribution in [0.15, 0.2) is 69.5 Å². The van der Waals surface area contributed by atoms with Crippen LogP contribution in [0.2, 0.25) is 0 Å². The number of aromatic nitrogens is 1. The average Bonchev–Trinajstić information content (AvgIpc) is 2.98. The van der Waals surface area contributed by atoms with Crippen LogP contribution in [0.25, 0.3) is 10.2 Å². The van der Waals surface area contributed by atoms with Gasteiger partial charge >= 0.3 is 0 Å². The Morgan fingerprint density at radius 1 is 1.24 bits per heavy atom. The van der Waals surface area contributed by atoms with Gasteiger partial charge in [-0.25, -0.2) is 8.42 Å². The number of fused-ring (bicyclic) bond motifs is 1. The van der Waals surface area contributed by atoms with Gasteiger partial charge in [0.1, 0.15) is 0 Å². The Balaban J connectivity index is 1.74. The van der Waals surface area contributed by atoms with Crippen molar-refractivity contribution < 1.29 is 13.2 Å². The van der Waals surface area contributed by atoms with E-state index in [4.69, 9.17) is 0 Å². The molecule has 0 atom stereocenters. The van der Waals surface area contributed by atoms with Gasteiger partial charge in [-0.3, -0.25) is 4.79 Å². The first-order valence-electron chi connectivity index (χ1n) is 9.07. The second-order valence-corrected chi connectivity index (χ2v) is 10.7. The minimum atomic E-state index is -3.40. The monoisotopic (exact) mass is 492 g/mol. The van der Waals surface area contributed by atoms with Crippen molar-refractivity contribution in [3.8, 4) is 0 Å². The van der Waals surface area contributed by atoms with Gasteiger partial charge in [0, 0.05) is 17.4 Å². The van der Waals surface area contributed by atoms with Gasteiger partial charge in [-0.05, 0) is 43.7 Å². The minimum Gasteiger partial charge on any atom is -0.313 e. The number of sulfone groups is 1. The van der Waals surface area contributed by atoms with Crippen LogP contribution in [0.5, 0.6) is 0 Å². The van der Waals surface area contributed by atoms with Crippen LogP contribution in [0.1, 0.15) is 18.4 Å². The molecule has 1 amide bonds. The molecule has 0 aliphatic carbocycles. The highest BCUT2D eigenvalue weighted by molar-refractivity contribution is 9.10. The molecule has 0 bridgehead atoms. The molecule has 0 radical (unpaired) electrons. The molecule has 5 nitrogen and oxygen atoms in total.